The Morgan fingerprint density at radius 2 is 1.86 bits per heavy atom. The van der Waals surface area contributed by atoms with E-state index >= 15 is 0 Å². The molecule has 0 spiro atoms. The number of halogens is 3. The standard InChI is InChI=1S/C16H16F3NO/c1-2-8-21-11-5-3-4-10(9-11)16(20)12-6-7-13(17)15(19)14(12)18/h3-7,9,16H,2,8,20H2,1H3. The summed E-state index contributed by atoms with van der Waals surface area (Å²) in [6.07, 6.45) is 0.855. The highest BCUT2D eigenvalue weighted by atomic mass is 19.2. The van der Waals surface area contributed by atoms with Gasteiger partial charge in [-0.3, -0.25) is 0 Å². The quantitative estimate of drug-likeness (QED) is 0.848. The molecule has 112 valence electrons. The lowest BCUT2D eigenvalue weighted by atomic mass is 9.98. The fourth-order valence-corrected chi connectivity index (χ4v) is 1.98. The minimum atomic E-state index is -1.51. The number of nitrogens with two attached hydrogens (primary N) is 1. The van der Waals surface area contributed by atoms with Crippen LogP contribution in [0.4, 0.5) is 13.2 Å². The second-order valence-electron chi connectivity index (χ2n) is 4.66. The molecule has 0 radical (unpaired) electrons. The second kappa shape index (κ2) is 6.63. The van der Waals surface area contributed by atoms with Crippen LogP contribution in [0.2, 0.25) is 0 Å². The first kappa shape index (κ1) is 15.4. The molecule has 0 aliphatic rings. The number of rotatable bonds is 5. The van der Waals surface area contributed by atoms with E-state index in [1.54, 1.807) is 24.3 Å². The molecule has 0 amide bonds. The lowest BCUT2D eigenvalue weighted by Crippen LogP contribution is -2.15. The summed E-state index contributed by atoms with van der Waals surface area (Å²) >= 11 is 0. The van der Waals surface area contributed by atoms with Gasteiger partial charge in [0, 0.05) is 5.56 Å². The SMILES string of the molecule is CCCOc1cccc(C(N)c2ccc(F)c(F)c2F)c1. The molecule has 0 aliphatic carbocycles. The van der Waals surface area contributed by atoms with Crippen molar-refractivity contribution in [2.24, 2.45) is 5.73 Å². The zero-order valence-electron chi connectivity index (χ0n) is 11.6. The largest absolute Gasteiger partial charge is 0.494 e. The van der Waals surface area contributed by atoms with Crippen molar-refractivity contribution in [2.75, 3.05) is 6.61 Å². The Bertz CT molecular complexity index is 631. The van der Waals surface area contributed by atoms with Gasteiger partial charge in [0.15, 0.2) is 17.5 Å². The van der Waals surface area contributed by atoms with Crippen LogP contribution in [0.3, 0.4) is 0 Å². The molecule has 0 heterocycles. The van der Waals surface area contributed by atoms with Crippen molar-refractivity contribution in [1.82, 2.24) is 0 Å². The fourth-order valence-electron chi connectivity index (χ4n) is 1.98. The summed E-state index contributed by atoms with van der Waals surface area (Å²) in [6.45, 7) is 2.53. The van der Waals surface area contributed by atoms with Crippen LogP contribution in [0.5, 0.6) is 5.75 Å². The molecule has 5 heteroatoms. The van der Waals surface area contributed by atoms with E-state index in [4.69, 9.17) is 10.5 Å². The normalized spacial score (nSPS) is 12.2. The number of hydrogen-bond donors (Lipinski definition) is 1. The number of ether oxygens (including phenoxy) is 1. The summed E-state index contributed by atoms with van der Waals surface area (Å²) in [5.41, 5.74) is 6.42. The van der Waals surface area contributed by atoms with E-state index in [2.05, 4.69) is 0 Å². The van der Waals surface area contributed by atoms with Crippen LogP contribution < -0.4 is 10.5 Å². The molecule has 0 aromatic heterocycles. The predicted octanol–water partition coefficient (Wildman–Crippen LogP) is 3.94. The Morgan fingerprint density at radius 3 is 2.57 bits per heavy atom. The van der Waals surface area contributed by atoms with Gasteiger partial charge in [-0.15, -0.1) is 0 Å². The van der Waals surface area contributed by atoms with Crippen molar-refractivity contribution < 1.29 is 17.9 Å². The molecular formula is C16H16F3NO. The third-order valence-electron chi connectivity index (χ3n) is 3.09. The molecule has 2 nitrogen and oxygen atoms in total. The summed E-state index contributed by atoms with van der Waals surface area (Å²) in [4.78, 5) is 0. The van der Waals surface area contributed by atoms with Gasteiger partial charge in [0.05, 0.1) is 12.6 Å². The highest BCUT2D eigenvalue weighted by molar-refractivity contribution is 5.37. The second-order valence-corrected chi connectivity index (χ2v) is 4.66. The molecule has 0 aliphatic heterocycles. The zero-order chi connectivity index (χ0) is 15.4. The van der Waals surface area contributed by atoms with Crippen LogP contribution in [-0.2, 0) is 0 Å². The molecule has 2 N–H and O–H groups in total. The molecule has 2 rings (SSSR count). The molecule has 0 bridgehead atoms. The van der Waals surface area contributed by atoms with E-state index in [1.165, 1.54) is 0 Å². The Labute approximate surface area is 121 Å². The Balaban J connectivity index is 2.31. The molecule has 1 atom stereocenters. The number of hydrogen-bond acceptors (Lipinski definition) is 2. The average Bonchev–Trinajstić information content (AvgIpc) is 2.50. The van der Waals surface area contributed by atoms with Crippen LogP contribution in [0.1, 0.15) is 30.5 Å². The fraction of sp³-hybridized carbons (Fsp3) is 0.250. The molecule has 0 fully saturated rings. The van der Waals surface area contributed by atoms with E-state index in [-0.39, 0.29) is 5.56 Å². The Kier molecular flexibility index (Phi) is 4.85. The van der Waals surface area contributed by atoms with Crippen LogP contribution in [-0.4, -0.2) is 6.61 Å². The summed E-state index contributed by atoms with van der Waals surface area (Å²) in [6, 6.07) is 7.95. The van der Waals surface area contributed by atoms with Crippen molar-refractivity contribution in [3.8, 4) is 5.75 Å². The minimum absolute atomic E-state index is 0.0958. The first-order valence-electron chi connectivity index (χ1n) is 6.66. The highest BCUT2D eigenvalue weighted by Crippen LogP contribution is 2.27. The molecule has 2 aromatic carbocycles. The van der Waals surface area contributed by atoms with Gasteiger partial charge in [-0.1, -0.05) is 25.1 Å². The summed E-state index contributed by atoms with van der Waals surface area (Å²) in [5.74, 6) is -3.40. The molecule has 21 heavy (non-hydrogen) atoms. The maximum Gasteiger partial charge on any atom is 0.194 e. The van der Waals surface area contributed by atoms with E-state index in [1.807, 2.05) is 6.92 Å². The van der Waals surface area contributed by atoms with Crippen LogP contribution in [0, 0.1) is 17.5 Å². The average molecular weight is 295 g/mol. The van der Waals surface area contributed by atoms with Gasteiger partial charge in [-0.2, -0.15) is 0 Å². The van der Waals surface area contributed by atoms with Gasteiger partial charge in [0.1, 0.15) is 5.75 Å². The van der Waals surface area contributed by atoms with Crippen LogP contribution >= 0.6 is 0 Å². The Hall–Kier alpha value is -2.01. The summed E-state index contributed by atoms with van der Waals surface area (Å²) in [5, 5.41) is 0. The van der Waals surface area contributed by atoms with Gasteiger partial charge in [0.2, 0.25) is 0 Å². The van der Waals surface area contributed by atoms with E-state index < -0.39 is 23.5 Å². The maximum atomic E-state index is 13.8. The van der Waals surface area contributed by atoms with Gasteiger partial charge >= 0.3 is 0 Å². The van der Waals surface area contributed by atoms with Gasteiger partial charge in [-0.05, 0) is 30.2 Å². The number of benzene rings is 2. The highest BCUT2D eigenvalue weighted by Gasteiger charge is 2.19. The summed E-state index contributed by atoms with van der Waals surface area (Å²) < 4.78 is 45.5. The molecule has 0 saturated heterocycles. The Morgan fingerprint density at radius 1 is 1.10 bits per heavy atom. The van der Waals surface area contributed by atoms with Crippen molar-refractivity contribution in [3.63, 3.8) is 0 Å². The smallest absolute Gasteiger partial charge is 0.194 e. The third-order valence-corrected chi connectivity index (χ3v) is 3.09. The predicted molar refractivity (Wildman–Crippen MR) is 74.6 cm³/mol. The van der Waals surface area contributed by atoms with Gasteiger partial charge in [-0.25, -0.2) is 13.2 Å². The van der Waals surface area contributed by atoms with Gasteiger partial charge in [0.25, 0.3) is 0 Å². The van der Waals surface area contributed by atoms with Crippen molar-refractivity contribution in [2.45, 2.75) is 19.4 Å². The van der Waals surface area contributed by atoms with Crippen molar-refractivity contribution in [1.29, 1.82) is 0 Å². The van der Waals surface area contributed by atoms with Crippen LogP contribution in [0.25, 0.3) is 0 Å². The lowest BCUT2D eigenvalue weighted by molar-refractivity contribution is 0.317. The van der Waals surface area contributed by atoms with E-state index in [9.17, 15) is 13.2 Å². The minimum Gasteiger partial charge on any atom is -0.494 e. The molecule has 0 saturated carbocycles. The maximum absolute atomic E-state index is 13.8. The van der Waals surface area contributed by atoms with Crippen molar-refractivity contribution >= 4 is 0 Å². The van der Waals surface area contributed by atoms with Crippen molar-refractivity contribution in [3.05, 3.63) is 65.0 Å². The molecule has 2 aromatic rings. The first-order chi connectivity index (χ1) is 10.0. The van der Waals surface area contributed by atoms with Crippen LogP contribution in [0.15, 0.2) is 36.4 Å². The topological polar surface area (TPSA) is 35.2 Å². The van der Waals surface area contributed by atoms with E-state index in [0.717, 1.165) is 18.6 Å². The summed E-state index contributed by atoms with van der Waals surface area (Å²) in [7, 11) is 0. The lowest BCUT2D eigenvalue weighted by Gasteiger charge is -2.15. The third kappa shape index (κ3) is 3.36. The molecular weight excluding hydrogens is 279 g/mol. The van der Waals surface area contributed by atoms with Gasteiger partial charge < -0.3 is 10.5 Å². The monoisotopic (exact) mass is 295 g/mol. The molecule has 1 unspecified atom stereocenters. The first-order valence-corrected chi connectivity index (χ1v) is 6.66. The van der Waals surface area contributed by atoms with E-state index in [0.29, 0.717) is 17.9 Å². The zero-order valence-corrected chi connectivity index (χ0v) is 11.6.